The normalized spacial score (nSPS) is 10.7. The van der Waals surface area contributed by atoms with E-state index in [1.165, 1.54) is 0 Å². The van der Waals surface area contributed by atoms with Crippen molar-refractivity contribution in [1.82, 2.24) is 15.2 Å². The summed E-state index contributed by atoms with van der Waals surface area (Å²) < 4.78 is 4.99. The number of carbonyl (C=O) groups excluding carboxylic acids is 1. The van der Waals surface area contributed by atoms with Gasteiger partial charge in [-0.1, -0.05) is 0 Å². The van der Waals surface area contributed by atoms with E-state index in [9.17, 15) is 4.79 Å². The third-order valence-corrected chi connectivity index (χ3v) is 2.92. The number of methoxy groups -OCH3 is 1. The summed E-state index contributed by atoms with van der Waals surface area (Å²) in [4.78, 5) is 18.3. The van der Waals surface area contributed by atoms with Gasteiger partial charge in [-0.15, -0.1) is 0 Å². The first kappa shape index (κ1) is 17.4. The number of aromatic nitrogens is 1. The Morgan fingerprint density at radius 3 is 2.86 bits per heavy atom. The predicted molar refractivity (Wildman–Crippen MR) is 84.7 cm³/mol. The van der Waals surface area contributed by atoms with Crippen LogP contribution in [0, 0.1) is 0 Å². The van der Waals surface area contributed by atoms with Crippen molar-refractivity contribution >= 4 is 11.7 Å². The van der Waals surface area contributed by atoms with Crippen LogP contribution in [0.5, 0.6) is 0 Å². The van der Waals surface area contributed by atoms with E-state index in [2.05, 4.69) is 20.5 Å². The minimum Gasteiger partial charge on any atom is -0.385 e. The van der Waals surface area contributed by atoms with Crippen molar-refractivity contribution < 1.29 is 9.53 Å². The molecule has 0 fully saturated rings. The van der Waals surface area contributed by atoms with Crippen LogP contribution >= 0.6 is 0 Å². The first-order valence-electron chi connectivity index (χ1n) is 7.25. The molecule has 0 aliphatic heterocycles. The Morgan fingerprint density at radius 2 is 2.14 bits per heavy atom. The smallest absolute Gasteiger partial charge is 0.251 e. The number of anilines is 1. The molecule has 2 N–H and O–H groups in total. The lowest BCUT2D eigenvalue weighted by molar-refractivity contribution is 0.0952. The third kappa shape index (κ3) is 7.63. The van der Waals surface area contributed by atoms with E-state index in [0.717, 1.165) is 25.9 Å². The molecule has 0 unspecified atom stereocenters. The van der Waals surface area contributed by atoms with Gasteiger partial charge in [0.1, 0.15) is 5.82 Å². The van der Waals surface area contributed by atoms with Gasteiger partial charge in [0.15, 0.2) is 0 Å². The molecular weight excluding hydrogens is 268 g/mol. The number of carbonyl (C=O) groups is 1. The summed E-state index contributed by atoms with van der Waals surface area (Å²) in [7, 11) is 5.72. The molecule has 118 valence electrons. The van der Waals surface area contributed by atoms with Gasteiger partial charge in [-0.05, 0) is 45.6 Å². The molecule has 0 saturated carbocycles. The zero-order chi connectivity index (χ0) is 15.5. The van der Waals surface area contributed by atoms with Gasteiger partial charge in [0, 0.05) is 38.6 Å². The second-order valence-corrected chi connectivity index (χ2v) is 5.12. The molecule has 1 amide bonds. The molecular formula is C15H26N4O2. The predicted octanol–water partition coefficient (Wildman–Crippen LogP) is 1.21. The first-order valence-corrected chi connectivity index (χ1v) is 7.25. The van der Waals surface area contributed by atoms with Gasteiger partial charge in [0.25, 0.3) is 5.91 Å². The van der Waals surface area contributed by atoms with Crippen LogP contribution in [-0.2, 0) is 4.74 Å². The Morgan fingerprint density at radius 1 is 1.33 bits per heavy atom. The topological polar surface area (TPSA) is 66.5 Å². The largest absolute Gasteiger partial charge is 0.385 e. The Bertz CT molecular complexity index is 424. The maximum Gasteiger partial charge on any atom is 0.251 e. The fourth-order valence-corrected chi connectivity index (χ4v) is 1.80. The van der Waals surface area contributed by atoms with Crippen molar-refractivity contribution in [2.24, 2.45) is 0 Å². The van der Waals surface area contributed by atoms with Gasteiger partial charge in [0.2, 0.25) is 0 Å². The maximum absolute atomic E-state index is 12.0. The Hall–Kier alpha value is -1.66. The zero-order valence-electron chi connectivity index (χ0n) is 13.2. The van der Waals surface area contributed by atoms with Crippen LogP contribution in [0.15, 0.2) is 18.3 Å². The summed E-state index contributed by atoms with van der Waals surface area (Å²) >= 11 is 0. The van der Waals surface area contributed by atoms with E-state index in [1.807, 2.05) is 14.1 Å². The average Bonchev–Trinajstić information content (AvgIpc) is 2.48. The number of nitrogens with one attached hydrogen (secondary N) is 2. The Kier molecular flexibility index (Phi) is 8.38. The maximum atomic E-state index is 12.0. The molecule has 6 heteroatoms. The van der Waals surface area contributed by atoms with Crippen LogP contribution < -0.4 is 10.6 Å². The molecule has 1 aromatic heterocycles. The molecule has 0 aliphatic carbocycles. The van der Waals surface area contributed by atoms with Crippen LogP contribution in [0.2, 0.25) is 0 Å². The van der Waals surface area contributed by atoms with E-state index in [0.29, 0.717) is 24.5 Å². The van der Waals surface area contributed by atoms with Gasteiger partial charge in [0.05, 0.1) is 0 Å². The summed E-state index contributed by atoms with van der Waals surface area (Å²) in [5.41, 5.74) is 0.629. The summed E-state index contributed by atoms with van der Waals surface area (Å²) in [5.74, 6) is 0.656. The van der Waals surface area contributed by atoms with Gasteiger partial charge in [-0.25, -0.2) is 4.98 Å². The van der Waals surface area contributed by atoms with Crippen molar-refractivity contribution in [2.75, 3.05) is 52.8 Å². The lowest BCUT2D eigenvalue weighted by Crippen LogP contribution is -2.27. The van der Waals surface area contributed by atoms with Crippen molar-refractivity contribution in [2.45, 2.75) is 12.8 Å². The molecule has 0 bridgehead atoms. The summed E-state index contributed by atoms with van der Waals surface area (Å²) in [6, 6.07) is 3.50. The van der Waals surface area contributed by atoms with Gasteiger partial charge in [-0.2, -0.15) is 0 Å². The average molecular weight is 294 g/mol. The molecule has 0 aliphatic rings. The van der Waals surface area contributed by atoms with Gasteiger partial charge >= 0.3 is 0 Å². The fraction of sp³-hybridized carbons (Fsp3) is 0.600. The molecule has 0 aromatic carbocycles. The second-order valence-electron chi connectivity index (χ2n) is 5.12. The SMILES string of the molecule is COCCCNc1cc(C(=O)NCCCN(C)C)ccn1. The lowest BCUT2D eigenvalue weighted by Gasteiger charge is -2.10. The molecule has 6 nitrogen and oxygen atoms in total. The molecule has 0 saturated heterocycles. The van der Waals surface area contributed by atoms with Crippen LogP contribution in [0.25, 0.3) is 0 Å². The summed E-state index contributed by atoms with van der Waals surface area (Å²) in [6.07, 6.45) is 3.48. The van der Waals surface area contributed by atoms with Crippen LogP contribution in [-0.4, -0.2) is 63.2 Å². The van der Waals surface area contributed by atoms with E-state index in [1.54, 1.807) is 25.4 Å². The fourth-order valence-electron chi connectivity index (χ4n) is 1.80. The van der Waals surface area contributed by atoms with E-state index >= 15 is 0 Å². The van der Waals surface area contributed by atoms with Crippen molar-refractivity contribution in [1.29, 1.82) is 0 Å². The highest BCUT2D eigenvalue weighted by molar-refractivity contribution is 5.94. The van der Waals surface area contributed by atoms with E-state index < -0.39 is 0 Å². The minimum atomic E-state index is -0.0592. The highest BCUT2D eigenvalue weighted by Gasteiger charge is 2.06. The van der Waals surface area contributed by atoms with E-state index in [-0.39, 0.29) is 5.91 Å². The van der Waals surface area contributed by atoms with Crippen LogP contribution in [0.3, 0.4) is 0 Å². The molecule has 1 heterocycles. The standard InChI is InChI=1S/C15H26N4O2/c1-19(2)10-4-7-18-15(20)13-6-9-17-14(12-13)16-8-5-11-21-3/h6,9,12H,4-5,7-8,10-11H2,1-3H3,(H,16,17)(H,18,20). The van der Waals surface area contributed by atoms with Crippen molar-refractivity contribution in [3.63, 3.8) is 0 Å². The molecule has 1 rings (SSSR count). The number of rotatable bonds is 10. The number of amides is 1. The minimum absolute atomic E-state index is 0.0592. The highest BCUT2D eigenvalue weighted by Crippen LogP contribution is 2.06. The van der Waals surface area contributed by atoms with Crippen LogP contribution in [0.1, 0.15) is 23.2 Å². The molecule has 0 radical (unpaired) electrons. The van der Waals surface area contributed by atoms with Gasteiger partial charge in [-0.3, -0.25) is 4.79 Å². The van der Waals surface area contributed by atoms with Gasteiger partial charge < -0.3 is 20.3 Å². The Labute approximate surface area is 126 Å². The zero-order valence-corrected chi connectivity index (χ0v) is 13.2. The molecule has 21 heavy (non-hydrogen) atoms. The summed E-state index contributed by atoms with van der Waals surface area (Å²) in [5, 5.41) is 6.10. The summed E-state index contributed by atoms with van der Waals surface area (Å²) in [6.45, 7) is 3.12. The molecule has 0 spiro atoms. The number of hydrogen-bond donors (Lipinski definition) is 2. The molecule has 0 atom stereocenters. The van der Waals surface area contributed by atoms with E-state index in [4.69, 9.17) is 4.74 Å². The third-order valence-electron chi connectivity index (χ3n) is 2.92. The monoisotopic (exact) mass is 294 g/mol. The number of hydrogen-bond acceptors (Lipinski definition) is 5. The number of pyridine rings is 1. The highest BCUT2D eigenvalue weighted by atomic mass is 16.5. The number of ether oxygens (including phenoxy) is 1. The quantitative estimate of drug-likeness (QED) is 0.635. The second kappa shape index (κ2) is 10.1. The van der Waals surface area contributed by atoms with Crippen molar-refractivity contribution in [3.8, 4) is 0 Å². The number of nitrogens with zero attached hydrogens (tertiary/aromatic N) is 2. The molecule has 1 aromatic rings. The first-order chi connectivity index (χ1) is 10.1. The Balaban J connectivity index is 2.38. The lowest BCUT2D eigenvalue weighted by atomic mass is 10.2. The van der Waals surface area contributed by atoms with Crippen LogP contribution in [0.4, 0.5) is 5.82 Å². The van der Waals surface area contributed by atoms with Crippen molar-refractivity contribution in [3.05, 3.63) is 23.9 Å².